The summed E-state index contributed by atoms with van der Waals surface area (Å²) in [7, 11) is 2.00. The highest BCUT2D eigenvalue weighted by atomic mass is 19.4. The summed E-state index contributed by atoms with van der Waals surface area (Å²) in [5.41, 5.74) is -0.859. The van der Waals surface area contributed by atoms with Crippen LogP contribution in [0.5, 0.6) is 0 Å². The van der Waals surface area contributed by atoms with Crippen LogP contribution >= 0.6 is 0 Å². The maximum absolute atomic E-state index is 12.7. The summed E-state index contributed by atoms with van der Waals surface area (Å²) in [6.07, 6.45) is -1.27. The van der Waals surface area contributed by atoms with Crippen molar-refractivity contribution >= 4 is 5.82 Å². The van der Waals surface area contributed by atoms with Gasteiger partial charge in [0.15, 0.2) is 0 Å². The van der Waals surface area contributed by atoms with Gasteiger partial charge in [-0.15, -0.1) is 0 Å². The molecule has 1 aliphatic heterocycles. The van der Waals surface area contributed by atoms with Gasteiger partial charge in [0.05, 0.1) is 5.56 Å². The van der Waals surface area contributed by atoms with Gasteiger partial charge in [-0.25, -0.2) is 4.98 Å². The Hall–Kier alpha value is -1.81. The maximum atomic E-state index is 12.7. The van der Waals surface area contributed by atoms with E-state index in [1.54, 1.807) is 0 Å². The van der Waals surface area contributed by atoms with Crippen molar-refractivity contribution in [2.45, 2.75) is 31.5 Å². The minimum Gasteiger partial charge on any atom is -0.367 e. The molecule has 1 aromatic rings. The predicted octanol–water partition coefficient (Wildman–Crippen LogP) is 2.87. The van der Waals surface area contributed by atoms with E-state index in [9.17, 15) is 13.2 Å². The van der Waals surface area contributed by atoms with Gasteiger partial charge in [-0.1, -0.05) is 6.42 Å². The first-order chi connectivity index (χ1) is 9.91. The molecule has 1 N–H and O–H groups in total. The minimum atomic E-state index is -4.51. The van der Waals surface area contributed by atoms with Crippen molar-refractivity contribution in [3.05, 3.63) is 23.4 Å². The fraction of sp³-hybridized carbons (Fsp3) is 0.571. The number of pyridine rings is 1. The third-order valence-electron chi connectivity index (χ3n) is 3.73. The number of likely N-dealkylation sites (N-methyl/N-ethyl adjacent to an activating group) is 1. The smallest absolute Gasteiger partial charge is 0.367 e. The van der Waals surface area contributed by atoms with Gasteiger partial charge in [0.25, 0.3) is 0 Å². The summed E-state index contributed by atoms with van der Waals surface area (Å²) in [4.78, 5) is 5.72. The number of anilines is 1. The van der Waals surface area contributed by atoms with Crippen LogP contribution in [-0.2, 0) is 6.18 Å². The number of rotatable bonds is 3. The average molecular weight is 298 g/mol. The second-order valence-electron chi connectivity index (χ2n) is 5.21. The molecule has 1 saturated heterocycles. The molecule has 1 aromatic heterocycles. The Labute approximate surface area is 121 Å². The Morgan fingerprint density at radius 2 is 2.19 bits per heavy atom. The van der Waals surface area contributed by atoms with Gasteiger partial charge in [0.2, 0.25) is 0 Å². The second-order valence-corrected chi connectivity index (χ2v) is 5.21. The van der Waals surface area contributed by atoms with E-state index in [4.69, 9.17) is 5.26 Å². The van der Waals surface area contributed by atoms with E-state index in [1.165, 1.54) is 0 Å². The highest BCUT2D eigenvalue weighted by Gasteiger charge is 2.33. The number of aromatic nitrogens is 1. The number of alkyl halides is 3. The lowest BCUT2D eigenvalue weighted by molar-refractivity contribution is -0.141. The molecule has 0 aliphatic carbocycles. The zero-order valence-electron chi connectivity index (χ0n) is 11.7. The van der Waals surface area contributed by atoms with E-state index in [0.717, 1.165) is 37.9 Å². The molecule has 0 aromatic carbocycles. The quantitative estimate of drug-likeness (QED) is 0.932. The average Bonchev–Trinajstić information content (AvgIpc) is 2.45. The first-order valence-corrected chi connectivity index (χ1v) is 6.84. The Balaban J connectivity index is 2.12. The summed E-state index contributed by atoms with van der Waals surface area (Å²) < 4.78 is 38.0. The monoisotopic (exact) mass is 298 g/mol. The van der Waals surface area contributed by atoms with E-state index >= 15 is 0 Å². The Morgan fingerprint density at radius 1 is 1.43 bits per heavy atom. The summed E-state index contributed by atoms with van der Waals surface area (Å²) in [5, 5.41) is 11.9. The SMILES string of the molecule is CN1CCCCC1CNc1nc(C(F)(F)F)ccc1C#N. The molecule has 1 aliphatic rings. The largest absolute Gasteiger partial charge is 0.433 e. The number of piperidine rings is 1. The number of hydrogen-bond donors (Lipinski definition) is 1. The van der Waals surface area contributed by atoms with Crippen molar-refractivity contribution in [3.63, 3.8) is 0 Å². The number of halogens is 3. The van der Waals surface area contributed by atoms with Crippen LogP contribution < -0.4 is 5.32 Å². The minimum absolute atomic E-state index is 0.00583. The fourth-order valence-electron chi connectivity index (χ4n) is 2.46. The molecule has 1 fully saturated rings. The molecular weight excluding hydrogens is 281 g/mol. The number of nitrogens with zero attached hydrogens (tertiary/aromatic N) is 3. The first-order valence-electron chi connectivity index (χ1n) is 6.84. The maximum Gasteiger partial charge on any atom is 0.433 e. The van der Waals surface area contributed by atoms with E-state index in [2.05, 4.69) is 15.2 Å². The zero-order valence-corrected chi connectivity index (χ0v) is 11.7. The van der Waals surface area contributed by atoms with Gasteiger partial charge < -0.3 is 10.2 Å². The van der Waals surface area contributed by atoms with Crippen molar-refractivity contribution in [1.82, 2.24) is 9.88 Å². The van der Waals surface area contributed by atoms with Gasteiger partial charge in [-0.2, -0.15) is 18.4 Å². The van der Waals surface area contributed by atoms with Crippen molar-refractivity contribution < 1.29 is 13.2 Å². The van der Waals surface area contributed by atoms with E-state index in [1.807, 2.05) is 13.1 Å². The topological polar surface area (TPSA) is 52.0 Å². The standard InChI is InChI=1S/C14H17F3N4/c1-21-7-3-2-4-11(21)9-19-13-10(8-18)5-6-12(20-13)14(15,16)17/h5-6,11H,2-4,7,9H2,1H3,(H,19,20). The Morgan fingerprint density at radius 3 is 2.81 bits per heavy atom. The van der Waals surface area contributed by atoms with Crippen molar-refractivity contribution in [2.75, 3.05) is 25.5 Å². The molecule has 0 amide bonds. The molecular formula is C14H17F3N4. The van der Waals surface area contributed by atoms with Gasteiger partial charge in [-0.05, 0) is 38.6 Å². The molecule has 1 atom stereocenters. The van der Waals surface area contributed by atoms with E-state index < -0.39 is 11.9 Å². The number of hydrogen-bond acceptors (Lipinski definition) is 4. The molecule has 114 valence electrons. The lowest BCUT2D eigenvalue weighted by Gasteiger charge is -2.32. The third-order valence-corrected chi connectivity index (χ3v) is 3.73. The highest BCUT2D eigenvalue weighted by Crippen LogP contribution is 2.29. The number of nitriles is 1. The van der Waals surface area contributed by atoms with Crippen LogP contribution in [0.2, 0.25) is 0 Å². The van der Waals surface area contributed by atoms with Crippen LogP contribution in [0.15, 0.2) is 12.1 Å². The van der Waals surface area contributed by atoms with Gasteiger partial charge in [0, 0.05) is 12.6 Å². The molecule has 0 spiro atoms. The summed E-state index contributed by atoms with van der Waals surface area (Å²) in [5.74, 6) is 0.00583. The molecule has 1 unspecified atom stereocenters. The van der Waals surface area contributed by atoms with Gasteiger partial charge in [0.1, 0.15) is 17.6 Å². The van der Waals surface area contributed by atoms with Crippen LogP contribution in [0, 0.1) is 11.3 Å². The molecule has 0 radical (unpaired) electrons. The number of nitrogens with one attached hydrogen (secondary N) is 1. The lowest BCUT2D eigenvalue weighted by Crippen LogP contribution is -2.41. The second kappa shape index (κ2) is 6.31. The molecule has 2 rings (SSSR count). The van der Waals surface area contributed by atoms with Crippen LogP contribution in [-0.4, -0.2) is 36.1 Å². The van der Waals surface area contributed by atoms with Gasteiger partial charge >= 0.3 is 6.18 Å². The molecule has 4 nitrogen and oxygen atoms in total. The van der Waals surface area contributed by atoms with Gasteiger partial charge in [-0.3, -0.25) is 0 Å². The van der Waals surface area contributed by atoms with Crippen molar-refractivity contribution in [1.29, 1.82) is 5.26 Å². The fourth-order valence-corrected chi connectivity index (χ4v) is 2.46. The summed E-state index contributed by atoms with van der Waals surface area (Å²) in [6, 6.07) is 4.10. The van der Waals surface area contributed by atoms with Crippen LogP contribution in [0.4, 0.5) is 19.0 Å². The summed E-state index contributed by atoms with van der Waals surface area (Å²) >= 11 is 0. The molecule has 2 heterocycles. The summed E-state index contributed by atoms with van der Waals surface area (Å²) in [6.45, 7) is 1.47. The Kier molecular flexibility index (Phi) is 4.68. The predicted molar refractivity (Wildman–Crippen MR) is 72.7 cm³/mol. The molecule has 0 bridgehead atoms. The van der Waals surface area contributed by atoms with Crippen LogP contribution in [0.3, 0.4) is 0 Å². The molecule has 0 saturated carbocycles. The normalized spacial score (nSPS) is 20.0. The van der Waals surface area contributed by atoms with Crippen molar-refractivity contribution in [3.8, 4) is 6.07 Å². The van der Waals surface area contributed by atoms with Crippen LogP contribution in [0.1, 0.15) is 30.5 Å². The third kappa shape index (κ3) is 3.85. The number of likely N-dealkylation sites (tertiary alicyclic amines) is 1. The van der Waals surface area contributed by atoms with Crippen molar-refractivity contribution in [2.24, 2.45) is 0 Å². The van der Waals surface area contributed by atoms with E-state index in [-0.39, 0.29) is 17.4 Å². The molecule has 21 heavy (non-hydrogen) atoms. The first kappa shape index (κ1) is 15.6. The zero-order chi connectivity index (χ0) is 15.5. The Bertz CT molecular complexity index is 536. The lowest BCUT2D eigenvalue weighted by atomic mass is 10.0. The van der Waals surface area contributed by atoms with Crippen LogP contribution in [0.25, 0.3) is 0 Å². The van der Waals surface area contributed by atoms with E-state index in [0.29, 0.717) is 6.54 Å². The highest BCUT2D eigenvalue weighted by molar-refractivity contribution is 5.52. The molecule has 7 heteroatoms.